The summed E-state index contributed by atoms with van der Waals surface area (Å²) in [6.07, 6.45) is 0.240. The molecule has 18 heavy (non-hydrogen) atoms. The van der Waals surface area contributed by atoms with E-state index in [9.17, 15) is 9.59 Å². The predicted molar refractivity (Wildman–Crippen MR) is 67.6 cm³/mol. The Balaban J connectivity index is 2.54. The molecular formula is C12H15N3O3. The predicted octanol–water partition coefficient (Wildman–Crippen LogP) is 0.329. The second-order valence-corrected chi connectivity index (χ2v) is 3.90. The van der Waals surface area contributed by atoms with Gasteiger partial charge in [-0.05, 0) is 12.1 Å². The Morgan fingerprint density at radius 2 is 2.33 bits per heavy atom. The van der Waals surface area contributed by atoms with Crippen LogP contribution in [-0.2, 0) is 9.59 Å². The van der Waals surface area contributed by atoms with Crippen molar-refractivity contribution < 1.29 is 14.3 Å². The molecule has 6 heteroatoms. The number of nitrogens with two attached hydrogens (primary N) is 1. The van der Waals surface area contributed by atoms with Crippen molar-refractivity contribution in [2.45, 2.75) is 6.42 Å². The number of hydrogen-bond donors (Lipinski definition) is 2. The molecular weight excluding hydrogens is 234 g/mol. The molecule has 2 amide bonds. The Morgan fingerprint density at radius 3 is 3.00 bits per heavy atom. The highest BCUT2D eigenvalue weighted by Gasteiger charge is 2.26. The molecule has 1 heterocycles. The highest BCUT2D eigenvalue weighted by atomic mass is 16.5. The first-order valence-electron chi connectivity index (χ1n) is 5.64. The summed E-state index contributed by atoms with van der Waals surface area (Å²) in [6, 6.07) is 5.24. The average Bonchev–Trinajstić information content (AvgIpc) is 2.55. The van der Waals surface area contributed by atoms with E-state index >= 15 is 0 Å². The minimum atomic E-state index is -0.239. The van der Waals surface area contributed by atoms with Gasteiger partial charge in [0.05, 0.1) is 19.3 Å². The number of fused-ring (bicyclic) bond motifs is 1. The van der Waals surface area contributed by atoms with Crippen LogP contribution in [0, 0.1) is 0 Å². The van der Waals surface area contributed by atoms with E-state index in [-0.39, 0.29) is 24.8 Å². The van der Waals surface area contributed by atoms with E-state index < -0.39 is 0 Å². The maximum atomic E-state index is 11.9. The van der Waals surface area contributed by atoms with Crippen molar-refractivity contribution in [1.82, 2.24) is 0 Å². The fourth-order valence-electron chi connectivity index (χ4n) is 1.96. The van der Waals surface area contributed by atoms with Gasteiger partial charge in [0.2, 0.25) is 11.8 Å². The molecule has 1 aromatic carbocycles. The van der Waals surface area contributed by atoms with Crippen molar-refractivity contribution in [3.63, 3.8) is 0 Å². The SMILES string of the molecule is COc1cccc2c1N(C(=O)CN)CCC(=O)N2. The largest absolute Gasteiger partial charge is 0.494 e. The number of nitrogens with zero attached hydrogens (tertiary/aromatic N) is 1. The molecule has 3 N–H and O–H groups in total. The molecule has 1 aliphatic heterocycles. The zero-order chi connectivity index (χ0) is 13.1. The van der Waals surface area contributed by atoms with Crippen molar-refractivity contribution in [3.05, 3.63) is 18.2 Å². The molecule has 0 saturated carbocycles. The van der Waals surface area contributed by atoms with E-state index in [0.717, 1.165) is 0 Å². The van der Waals surface area contributed by atoms with Crippen LogP contribution in [0.15, 0.2) is 18.2 Å². The van der Waals surface area contributed by atoms with Gasteiger partial charge in [-0.25, -0.2) is 0 Å². The number of benzene rings is 1. The van der Waals surface area contributed by atoms with Crippen LogP contribution in [0.5, 0.6) is 5.75 Å². The third-order valence-electron chi connectivity index (χ3n) is 2.80. The molecule has 2 rings (SSSR count). The summed E-state index contributed by atoms with van der Waals surface area (Å²) in [7, 11) is 1.52. The number of anilines is 2. The number of amides is 2. The summed E-state index contributed by atoms with van der Waals surface area (Å²) >= 11 is 0. The number of para-hydroxylation sites is 1. The summed E-state index contributed by atoms with van der Waals surface area (Å²) in [4.78, 5) is 24.9. The van der Waals surface area contributed by atoms with Gasteiger partial charge >= 0.3 is 0 Å². The maximum Gasteiger partial charge on any atom is 0.240 e. The quantitative estimate of drug-likeness (QED) is 0.791. The number of carbonyl (C=O) groups excluding carboxylic acids is 2. The Morgan fingerprint density at radius 1 is 1.56 bits per heavy atom. The molecule has 0 unspecified atom stereocenters. The molecule has 0 atom stereocenters. The number of methoxy groups -OCH3 is 1. The lowest BCUT2D eigenvalue weighted by Crippen LogP contribution is -2.36. The molecule has 1 aromatic rings. The van der Waals surface area contributed by atoms with Gasteiger partial charge in [-0.1, -0.05) is 6.07 Å². The van der Waals surface area contributed by atoms with Gasteiger partial charge in [-0.3, -0.25) is 9.59 Å². The second-order valence-electron chi connectivity index (χ2n) is 3.90. The average molecular weight is 249 g/mol. The van der Waals surface area contributed by atoms with Gasteiger partial charge in [0.25, 0.3) is 0 Å². The van der Waals surface area contributed by atoms with Crippen molar-refractivity contribution >= 4 is 23.2 Å². The maximum absolute atomic E-state index is 11.9. The number of nitrogens with one attached hydrogen (secondary N) is 1. The van der Waals surface area contributed by atoms with E-state index in [1.165, 1.54) is 12.0 Å². The highest BCUT2D eigenvalue weighted by molar-refractivity contribution is 6.05. The smallest absolute Gasteiger partial charge is 0.240 e. The van der Waals surface area contributed by atoms with Crippen LogP contribution in [0.3, 0.4) is 0 Å². The molecule has 0 aliphatic carbocycles. The molecule has 6 nitrogen and oxygen atoms in total. The zero-order valence-corrected chi connectivity index (χ0v) is 10.1. The van der Waals surface area contributed by atoms with Crippen molar-refractivity contribution in [2.75, 3.05) is 30.4 Å². The van der Waals surface area contributed by atoms with Crippen LogP contribution in [0.25, 0.3) is 0 Å². The van der Waals surface area contributed by atoms with Crippen molar-refractivity contribution in [2.24, 2.45) is 5.73 Å². The molecule has 0 fully saturated rings. The lowest BCUT2D eigenvalue weighted by Gasteiger charge is -2.23. The second kappa shape index (κ2) is 5.05. The van der Waals surface area contributed by atoms with Crippen LogP contribution in [0.4, 0.5) is 11.4 Å². The summed E-state index contributed by atoms with van der Waals surface area (Å²) in [6.45, 7) is 0.195. The Hall–Kier alpha value is -2.08. The van der Waals surface area contributed by atoms with E-state index in [0.29, 0.717) is 23.7 Å². The number of carbonyl (C=O) groups is 2. The minimum Gasteiger partial charge on any atom is -0.494 e. The summed E-state index contributed by atoms with van der Waals surface area (Å²) < 4.78 is 5.24. The molecule has 0 radical (unpaired) electrons. The van der Waals surface area contributed by atoms with Crippen LogP contribution in [-0.4, -0.2) is 32.0 Å². The lowest BCUT2D eigenvalue weighted by atomic mass is 10.2. The number of ether oxygens (including phenoxy) is 1. The van der Waals surface area contributed by atoms with Crippen LogP contribution < -0.4 is 20.7 Å². The third-order valence-corrected chi connectivity index (χ3v) is 2.80. The molecule has 0 spiro atoms. The van der Waals surface area contributed by atoms with E-state index in [4.69, 9.17) is 10.5 Å². The van der Waals surface area contributed by atoms with Crippen LogP contribution in [0.1, 0.15) is 6.42 Å². The zero-order valence-electron chi connectivity index (χ0n) is 10.1. The normalized spacial score (nSPS) is 14.6. The molecule has 96 valence electrons. The van der Waals surface area contributed by atoms with Gasteiger partial charge in [0, 0.05) is 13.0 Å². The van der Waals surface area contributed by atoms with E-state index in [1.54, 1.807) is 18.2 Å². The van der Waals surface area contributed by atoms with Crippen LogP contribution in [0.2, 0.25) is 0 Å². The molecule has 0 saturated heterocycles. The van der Waals surface area contributed by atoms with Crippen molar-refractivity contribution in [1.29, 1.82) is 0 Å². The monoisotopic (exact) mass is 249 g/mol. The number of hydrogen-bond acceptors (Lipinski definition) is 4. The third kappa shape index (κ3) is 2.14. The molecule has 1 aliphatic rings. The highest BCUT2D eigenvalue weighted by Crippen LogP contribution is 2.37. The summed E-state index contributed by atoms with van der Waals surface area (Å²) in [5, 5.41) is 2.75. The molecule has 0 bridgehead atoms. The Bertz CT molecular complexity index is 487. The van der Waals surface area contributed by atoms with Gasteiger partial charge in [0.15, 0.2) is 0 Å². The fourth-order valence-corrected chi connectivity index (χ4v) is 1.96. The topological polar surface area (TPSA) is 84.7 Å². The standard InChI is InChI=1S/C12H15N3O3/c1-18-9-4-2-3-8-12(9)15(11(17)7-13)6-5-10(16)14-8/h2-4H,5-7,13H2,1H3,(H,14,16). The van der Waals surface area contributed by atoms with Gasteiger partial charge in [-0.15, -0.1) is 0 Å². The Kier molecular flexibility index (Phi) is 3.47. The summed E-state index contributed by atoms with van der Waals surface area (Å²) in [5.74, 6) is 0.172. The first kappa shape index (κ1) is 12.4. The van der Waals surface area contributed by atoms with Gasteiger partial charge < -0.3 is 20.7 Å². The minimum absolute atomic E-state index is 0.105. The number of rotatable bonds is 2. The fraction of sp³-hybridized carbons (Fsp3) is 0.333. The molecule has 0 aromatic heterocycles. The van der Waals surface area contributed by atoms with Crippen molar-refractivity contribution in [3.8, 4) is 5.75 Å². The van der Waals surface area contributed by atoms with Crippen LogP contribution >= 0.6 is 0 Å². The lowest BCUT2D eigenvalue weighted by molar-refractivity contribution is -0.117. The van der Waals surface area contributed by atoms with Gasteiger partial charge in [-0.2, -0.15) is 0 Å². The van der Waals surface area contributed by atoms with E-state index in [2.05, 4.69) is 5.32 Å². The Labute approximate surface area is 105 Å². The van der Waals surface area contributed by atoms with E-state index in [1.807, 2.05) is 0 Å². The first-order valence-corrected chi connectivity index (χ1v) is 5.64. The summed E-state index contributed by atoms with van der Waals surface area (Å²) in [5.41, 5.74) is 6.54. The first-order chi connectivity index (χ1) is 8.67. The van der Waals surface area contributed by atoms with Gasteiger partial charge in [0.1, 0.15) is 11.4 Å².